The van der Waals surface area contributed by atoms with Gasteiger partial charge in [-0.3, -0.25) is 4.79 Å². The highest BCUT2D eigenvalue weighted by molar-refractivity contribution is 5.79. The third kappa shape index (κ3) is 4.44. The van der Waals surface area contributed by atoms with E-state index in [0.717, 1.165) is 0 Å². The monoisotopic (exact) mass is 190 g/mol. The minimum absolute atomic E-state index is 0.189. The fourth-order valence-corrected chi connectivity index (χ4v) is 0.566. The molecule has 0 aromatic carbocycles. The maximum Gasteiger partial charge on any atom is 0.334 e. The second-order valence-electron chi connectivity index (χ2n) is 2.74. The molecule has 2 atom stereocenters. The van der Waals surface area contributed by atoms with Crippen molar-refractivity contribution in [3.8, 4) is 0 Å². The van der Waals surface area contributed by atoms with E-state index < -0.39 is 12.1 Å². The van der Waals surface area contributed by atoms with Crippen molar-refractivity contribution in [1.82, 2.24) is 5.32 Å². The first kappa shape index (κ1) is 11.9. The fourth-order valence-electron chi connectivity index (χ4n) is 0.566. The first-order valence-electron chi connectivity index (χ1n) is 3.87. The molecule has 0 aliphatic carbocycles. The molecule has 13 heavy (non-hydrogen) atoms. The third-order valence-corrected chi connectivity index (χ3v) is 1.56. The van der Waals surface area contributed by atoms with E-state index in [0.29, 0.717) is 0 Å². The van der Waals surface area contributed by atoms with Crippen LogP contribution in [0.15, 0.2) is 0 Å². The van der Waals surface area contributed by atoms with Crippen LogP contribution in [0.5, 0.6) is 0 Å². The Balaban J connectivity index is 3.76. The maximum atomic E-state index is 11.0. The van der Waals surface area contributed by atoms with Crippen LogP contribution in [0.4, 0.5) is 0 Å². The molecule has 0 heterocycles. The number of rotatable bonds is 5. The number of amides is 1. The van der Waals surface area contributed by atoms with E-state index in [9.17, 15) is 9.59 Å². The molecule has 0 aromatic heterocycles. The Morgan fingerprint density at radius 2 is 2.08 bits per heavy atom. The van der Waals surface area contributed by atoms with Crippen molar-refractivity contribution in [1.29, 1.82) is 0 Å². The van der Waals surface area contributed by atoms with Crippen LogP contribution >= 0.6 is 0 Å². The molecule has 2 unspecified atom stereocenters. The lowest BCUT2D eigenvalue weighted by Crippen LogP contribution is -2.40. The summed E-state index contributed by atoms with van der Waals surface area (Å²) < 4.78 is 0. The molecule has 0 rings (SSSR count). The smallest absolute Gasteiger partial charge is 0.334 e. The summed E-state index contributed by atoms with van der Waals surface area (Å²) in [6.45, 7) is 1.51. The molecule has 0 spiro atoms. The van der Waals surface area contributed by atoms with Crippen LogP contribution in [-0.2, 0) is 9.59 Å². The number of nitrogens with one attached hydrogen (secondary N) is 1. The van der Waals surface area contributed by atoms with Gasteiger partial charge in [-0.1, -0.05) is 6.92 Å². The van der Waals surface area contributed by atoms with Gasteiger partial charge in [-0.05, 0) is 0 Å². The van der Waals surface area contributed by atoms with Crippen molar-refractivity contribution < 1.29 is 19.8 Å². The zero-order valence-corrected chi connectivity index (χ0v) is 7.36. The molecule has 0 aromatic rings. The number of carboxylic acids is 1. The summed E-state index contributed by atoms with van der Waals surface area (Å²) in [5.41, 5.74) is 5.20. The van der Waals surface area contributed by atoms with E-state index in [1.165, 1.54) is 0 Å². The van der Waals surface area contributed by atoms with Gasteiger partial charge in [0.15, 0.2) is 6.10 Å². The molecule has 6 nitrogen and oxygen atoms in total. The number of aliphatic hydroxyl groups excluding tert-OH is 1. The third-order valence-electron chi connectivity index (χ3n) is 1.56. The lowest BCUT2D eigenvalue weighted by Gasteiger charge is -2.11. The van der Waals surface area contributed by atoms with Crippen molar-refractivity contribution in [2.45, 2.75) is 13.0 Å². The minimum Gasteiger partial charge on any atom is -0.479 e. The highest BCUT2D eigenvalue weighted by Gasteiger charge is 2.16. The fraction of sp³-hybridized carbons (Fsp3) is 0.714. The number of aliphatic carboxylic acids is 1. The number of carbonyl (C=O) groups excluding carboxylic acids is 1. The molecule has 0 saturated heterocycles. The Hall–Kier alpha value is -1.14. The Morgan fingerprint density at radius 1 is 1.54 bits per heavy atom. The first-order valence-corrected chi connectivity index (χ1v) is 3.87. The quantitative estimate of drug-likeness (QED) is 0.406. The Bertz CT molecular complexity index is 195. The van der Waals surface area contributed by atoms with Gasteiger partial charge in [0.1, 0.15) is 0 Å². The predicted octanol–water partition coefficient (Wildman–Crippen LogP) is -1.86. The SMILES string of the molecule is CC(CN)C(=O)NCC(O)C(=O)O. The Labute approximate surface area is 75.7 Å². The summed E-state index contributed by atoms with van der Waals surface area (Å²) in [6, 6.07) is 0. The van der Waals surface area contributed by atoms with Gasteiger partial charge in [0, 0.05) is 12.5 Å². The van der Waals surface area contributed by atoms with Gasteiger partial charge in [0.25, 0.3) is 0 Å². The Morgan fingerprint density at radius 3 is 2.46 bits per heavy atom. The van der Waals surface area contributed by atoms with Gasteiger partial charge < -0.3 is 21.3 Å². The summed E-state index contributed by atoms with van der Waals surface area (Å²) in [7, 11) is 0. The summed E-state index contributed by atoms with van der Waals surface area (Å²) in [5, 5.41) is 19.3. The number of hydrogen-bond donors (Lipinski definition) is 4. The number of carboxylic acid groups (broad SMARTS) is 1. The second kappa shape index (κ2) is 5.50. The van der Waals surface area contributed by atoms with E-state index in [4.69, 9.17) is 15.9 Å². The van der Waals surface area contributed by atoms with E-state index in [-0.39, 0.29) is 24.9 Å². The van der Waals surface area contributed by atoms with Crippen LogP contribution in [0.25, 0.3) is 0 Å². The molecule has 6 heteroatoms. The van der Waals surface area contributed by atoms with Crippen LogP contribution in [0.2, 0.25) is 0 Å². The van der Waals surface area contributed by atoms with Crippen LogP contribution in [-0.4, -0.2) is 41.3 Å². The van der Waals surface area contributed by atoms with Crippen LogP contribution in [0.1, 0.15) is 6.92 Å². The summed E-state index contributed by atoms with van der Waals surface area (Å²) in [6.07, 6.45) is -1.56. The van der Waals surface area contributed by atoms with Crippen molar-refractivity contribution in [3.05, 3.63) is 0 Å². The largest absolute Gasteiger partial charge is 0.479 e. The molecular weight excluding hydrogens is 176 g/mol. The van der Waals surface area contributed by atoms with Crippen LogP contribution in [0, 0.1) is 5.92 Å². The summed E-state index contributed by atoms with van der Waals surface area (Å²) >= 11 is 0. The van der Waals surface area contributed by atoms with Crippen LogP contribution in [0.3, 0.4) is 0 Å². The van der Waals surface area contributed by atoms with E-state index in [1.807, 2.05) is 0 Å². The lowest BCUT2D eigenvalue weighted by atomic mass is 10.1. The summed E-state index contributed by atoms with van der Waals surface area (Å²) in [5.74, 6) is -2.09. The van der Waals surface area contributed by atoms with Gasteiger partial charge in [-0.15, -0.1) is 0 Å². The lowest BCUT2D eigenvalue weighted by molar-refractivity contribution is -0.146. The molecule has 0 saturated carbocycles. The number of carbonyl (C=O) groups is 2. The van der Waals surface area contributed by atoms with Crippen molar-refractivity contribution >= 4 is 11.9 Å². The number of nitrogens with two attached hydrogens (primary N) is 1. The average molecular weight is 190 g/mol. The van der Waals surface area contributed by atoms with Crippen molar-refractivity contribution in [2.24, 2.45) is 11.7 Å². The summed E-state index contributed by atoms with van der Waals surface area (Å²) in [4.78, 5) is 21.1. The normalized spacial score (nSPS) is 14.7. The van der Waals surface area contributed by atoms with Gasteiger partial charge in [-0.2, -0.15) is 0 Å². The molecule has 1 amide bonds. The molecule has 0 aliphatic rings. The highest BCUT2D eigenvalue weighted by atomic mass is 16.4. The maximum absolute atomic E-state index is 11.0. The molecule has 5 N–H and O–H groups in total. The van der Waals surface area contributed by atoms with Gasteiger partial charge in [-0.25, -0.2) is 4.79 Å². The highest BCUT2D eigenvalue weighted by Crippen LogP contribution is 1.90. The van der Waals surface area contributed by atoms with Crippen LogP contribution < -0.4 is 11.1 Å². The molecular formula is C7H14N2O4. The molecule has 76 valence electrons. The van der Waals surface area contributed by atoms with Crippen molar-refractivity contribution in [3.63, 3.8) is 0 Å². The standard InChI is InChI=1S/C7H14N2O4/c1-4(2-8)6(11)9-3-5(10)7(12)13/h4-5,10H,2-3,8H2,1H3,(H,9,11)(H,12,13). The number of hydrogen-bond acceptors (Lipinski definition) is 4. The van der Waals surface area contributed by atoms with Gasteiger partial charge >= 0.3 is 5.97 Å². The first-order chi connectivity index (χ1) is 5.99. The van der Waals surface area contributed by atoms with E-state index in [1.54, 1.807) is 6.92 Å². The van der Waals surface area contributed by atoms with Crippen molar-refractivity contribution in [2.75, 3.05) is 13.1 Å². The topological polar surface area (TPSA) is 113 Å². The number of aliphatic hydroxyl groups is 1. The van der Waals surface area contributed by atoms with Gasteiger partial charge in [0.2, 0.25) is 5.91 Å². The zero-order valence-electron chi connectivity index (χ0n) is 7.36. The zero-order chi connectivity index (χ0) is 10.4. The molecule has 0 fully saturated rings. The van der Waals surface area contributed by atoms with E-state index in [2.05, 4.69) is 5.32 Å². The predicted molar refractivity (Wildman–Crippen MR) is 44.9 cm³/mol. The van der Waals surface area contributed by atoms with Gasteiger partial charge in [0.05, 0.1) is 6.54 Å². The minimum atomic E-state index is -1.56. The molecule has 0 bridgehead atoms. The average Bonchev–Trinajstić information content (AvgIpc) is 2.11. The molecule has 0 aliphatic heterocycles. The Kier molecular flexibility index (Phi) is 5.01. The molecule has 0 radical (unpaired) electrons. The van der Waals surface area contributed by atoms with E-state index >= 15 is 0 Å². The second-order valence-corrected chi connectivity index (χ2v) is 2.74.